The number of aliphatic hydroxyl groups is 3. The van der Waals surface area contributed by atoms with Crippen LogP contribution < -0.4 is 10.5 Å². The number of hydrogen-bond acceptors (Lipinski definition) is 11. The fraction of sp³-hybridized carbons (Fsp3) is 0.379. The van der Waals surface area contributed by atoms with E-state index in [1.807, 2.05) is 6.92 Å². The van der Waals surface area contributed by atoms with Crippen LogP contribution in [0.5, 0.6) is 5.75 Å². The summed E-state index contributed by atoms with van der Waals surface area (Å²) in [4.78, 5) is 26.5. The molecule has 1 amide bonds. The minimum atomic E-state index is -3.53. The molecule has 13 nitrogen and oxygen atoms in total. The largest absolute Gasteiger partial charge is 0.434 e. The summed E-state index contributed by atoms with van der Waals surface area (Å²) in [7, 11) is 0. The van der Waals surface area contributed by atoms with Gasteiger partial charge < -0.3 is 25.8 Å². The molecule has 1 aromatic carbocycles. The Labute approximate surface area is 249 Å². The Bertz CT molecular complexity index is 1810. The van der Waals surface area contributed by atoms with Crippen molar-refractivity contribution in [3.8, 4) is 23.1 Å². The molecule has 7 rings (SSSR count). The van der Waals surface area contributed by atoms with Gasteiger partial charge in [0, 0.05) is 40.4 Å². The van der Waals surface area contributed by atoms with Crippen LogP contribution in [0.15, 0.2) is 43.1 Å². The van der Waals surface area contributed by atoms with Crippen molar-refractivity contribution in [2.45, 2.75) is 63.8 Å². The van der Waals surface area contributed by atoms with Gasteiger partial charge >= 0.3 is 12.7 Å². The molecule has 5 N–H and O–H groups in total. The quantitative estimate of drug-likeness (QED) is 0.249. The highest BCUT2D eigenvalue weighted by molar-refractivity contribution is 5.98. The lowest BCUT2D eigenvalue weighted by Gasteiger charge is -2.37. The van der Waals surface area contributed by atoms with Crippen LogP contribution in [-0.2, 0) is 0 Å². The molecule has 1 aliphatic heterocycles. The minimum absolute atomic E-state index is 0.0467. The lowest BCUT2D eigenvalue weighted by molar-refractivity contribution is -0.385. The van der Waals surface area contributed by atoms with Crippen LogP contribution in [0.25, 0.3) is 16.8 Å². The summed E-state index contributed by atoms with van der Waals surface area (Å²) in [6.07, 6.45) is 2.74. The van der Waals surface area contributed by atoms with E-state index in [0.29, 0.717) is 39.0 Å². The second-order valence-corrected chi connectivity index (χ2v) is 11.4. The Morgan fingerprint density at radius 2 is 1.95 bits per heavy atom. The van der Waals surface area contributed by atoms with E-state index in [1.165, 1.54) is 35.4 Å². The summed E-state index contributed by atoms with van der Waals surface area (Å²) in [5.41, 5.74) is 8.72. The zero-order valence-corrected chi connectivity index (χ0v) is 23.6. The molecule has 4 heterocycles. The lowest BCUT2D eigenvalue weighted by Crippen LogP contribution is -2.53. The highest BCUT2D eigenvalue weighted by Crippen LogP contribution is 2.54. The van der Waals surface area contributed by atoms with Gasteiger partial charge in [0.25, 0.3) is 5.91 Å². The third kappa shape index (κ3) is 4.91. The molecule has 3 aliphatic rings. The topological polar surface area (TPSA) is 196 Å². The van der Waals surface area contributed by atoms with E-state index < -0.39 is 30.6 Å². The van der Waals surface area contributed by atoms with Gasteiger partial charge in [0.05, 0.1) is 40.1 Å². The number of aryl methyl sites for hydroxylation is 1. The molecular weight excluding hydrogens is 578 g/mol. The molecule has 2 atom stereocenters. The van der Waals surface area contributed by atoms with Gasteiger partial charge in [0.1, 0.15) is 18.4 Å². The summed E-state index contributed by atoms with van der Waals surface area (Å²) >= 11 is 0. The number of halogens is 2. The van der Waals surface area contributed by atoms with Crippen LogP contribution in [0.3, 0.4) is 0 Å². The Morgan fingerprint density at radius 3 is 2.57 bits per heavy atom. The number of amides is 1. The Morgan fingerprint density at radius 1 is 1.20 bits per heavy atom. The number of nitrogens with two attached hydrogens (primary N) is 1. The van der Waals surface area contributed by atoms with Gasteiger partial charge in [0.2, 0.25) is 0 Å². The van der Waals surface area contributed by atoms with Crippen LogP contribution >= 0.6 is 0 Å². The summed E-state index contributed by atoms with van der Waals surface area (Å²) in [5.74, 6) is -1.88. The highest BCUT2D eigenvalue weighted by atomic mass is 19.3. The van der Waals surface area contributed by atoms with E-state index in [0.717, 1.165) is 12.8 Å². The number of benzene rings is 1. The summed E-state index contributed by atoms with van der Waals surface area (Å²) in [5, 5.41) is 43.3. The molecule has 44 heavy (non-hydrogen) atoms. The fourth-order valence-electron chi connectivity index (χ4n) is 6.42. The number of hydrogen-bond donors (Lipinski definition) is 4. The third-order valence-electron chi connectivity index (χ3n) is 8.31. The first kappa shape index (κ1) is 29.5. The average molecular weight is 607 g/mol. The van der Waals surface area contributed by atoms with Crippen molar-refractivity contribution in [1.29, 1.82) is 5.26 Å². The molecule has 4 aromatic rings. The van der Waals surface area contributed by atoms with E-state index in [9.17, 15) is 28.9 Å². The zero-order valence-electron chi connectivity index (χ0n) is 23.6. The molecule has 2 aliphatic carbocycles. The molecule has 228 valence electrons. The van der Waals surface area contributed by atoms with Crippen molar-refractivity contribution in [2.75, 3.05) is 0 Å². The highest BCUT2D eigenvalue weighted by Gasteiger charge is 2.52. The second-order valence-electron chi connectivity index (χ2n) is 11.4. The standard InChI is InChI=1S/C23H18F2N6O5.C6H10N2/c1-10-13(7-26-8-27-10)14-6-15-19-12-5-16(20(19)29-30(15)9-28-14)31(23(33,34)35)21(32)11-3-2-4-17(18(11)12)36-22(24)25;1-6(4-7)2-5(8)3-6/h2-4,6-9,12,16,22,33-35H,5H2,1H3;5H,2-3,8H2,1H3. The summed E-state index contributed by atoms with van der Waals surface area (Å²) in [6.45, 7) is 0.602. The monoisotopic (exact) mass is 606 g/mol. The van der Waals surface area contributed by atoms with Gasteiger partial charge in [0.15, 0.2) is 0 Å². The van der Waals surface area contributed by atoms with E-state index in [-0.39, 0.29) is 34.4 Å². The minimum Gasteiger partial charge on any atom is -0.434 e. The van der Waals surface area contributed by atoms with Gasteiger partial charge in [-0.1, -0.05) is 6.07 Å². The maximum Gasteiger partial charge on any atom is 0.387 e. The smallest absolute Gasteiger partial charge is 0.387 e. The van der Waals surface area contributed by atoms with Crippen LogP contribution in [0.4, 0.5) is 8.78 Å². The van der Waals surface area contributed by atoms with E-state index in [4.69, 9.17) is 15.7 Å². The summed E-state index contributed by atoms with van der Waals surface area (Å²) < 4.78 is 32.8. The Kier molecular flexibility index (Phi) is 7.05. The van der Waals surface area contributed by atoms with Crippen LogP contribution in [-0.4, -0.2) is 69.4 Å². The molecule has 1 fully saturated rings. The molecule has 0 spiro atoms. The van der Waals surface area contributed by atoms with Crippen molar-refractivity contribution in [2.24, 2.45) is 11.1 Å². The number of carbonyl (C=O) groups is 1. The molecule has 2 unspecified atom stereocenters. The molecule has 3 aromatic heterocycles. The van der Waals surface area contributed by atoms with Crippen molar-refractivity contribution in [3.63, 3.8) is 0 Å². The number of nitriles is 1. The van der Waals surface area contributed by atoms with Crippen molar-refractivity contribution in [1.82, 2.24) is 29.5 Å². The first-order chi connectivity index (χ1) is 20.8. The van der Waals surface area contributed by atoms with Crippen molar-refractivity contribution < 1.29 is 33.6 Å². The van der Waals surface area contributed by atoms with E-state index >= 15 is 0 Å². The maximum atomic E-state index is 13.4. The number of alkyl halides is 2. The first-order valence-electron chi connectivity index (χ1n) is 13.7. The second kappa shape index (κ2) is 10.5. The molecule has 15 heteroatoms. The van der Waals surface area contributed by atoms with Crippen LogP contribution in [0.1, 0.15) is 71.0 Å². The van der Waals surface area contributed by atoms with Crippen LogP contribution in [0, 0.1) is 23.7 Å². The zero-order chi connectivity index (χ0) is 31.6. The Hall–Kier alpha value is -4.62. The normalized spacial score (nSPS) is 23.7. The number of ether oxygens (including phenoxy) is 1. The predicted molar refractivity (Wildman–Crippen MR) is 148 cm³/mol. The van der Waals surface area contributed by atoms with Crippen molar-refractivity contribution >= 4 is 11.4 Å². The van der Waals surface area contributed by atoms with E-state index in [1.54, 1.807) is 19.2 Å². The van der Waals surface area contributed by atoms with Gasteiger partial charge in [-0.25, -0.2) is 19.5 Å². The third-order valence-corrected chi connectivity index (χ3v) is 8.31. The molecule has 2 bridgehead atoms. The number of carbonyl (C=O) groups excluding carboxylic acids is 1. The van der Waals surface area contributed by atoms with Gasteiger partial charge in [-0.05, 0) is 51.3 Å². The first-order valence-corrected chi connectivity index (χ1v) is 13.7. The number of rotatable bonds is 4. The molecule has 0 radical (unpaired) electrons. The Balaban J connectivity index is 0.000000374. The average Bonchev–Trinajstić information content (AvgIpc) is 3.44. The van der Waals surface area contributed by atoms with Gasteiger partial charge in [-0.2, -0.15) is 19.1 Å². The molecule has 0 saturated heterocycles. The SMILES string of the molecule is CC1(C#N)CC(N)C1.Cc1ncncc1-c1cc2c3c(nn2cn1)C1CC3c2c(OC(F)F)cccc2C(=O)N1C(O)(O)O. The maximum absolute atomic E-state index is 13.4. The van der Waals surface area contributed by atoms with Crippen molar-refractivity contribution in [3.05, 3.63) is 71.2 Å². The van der Waals surface area contributed by atoms with Gasteiger partial charge in [-0.15, -0.1) is 0 Å². The molecule has 1 saturated carbocycles. The fourth-order valence-corrected chi connectivity index (χ4v) is 6.42. The summed E-state index contributed by atoms with van der Waals surface area (Å²) in [6, 6.07) is 7.20. The van der Waals surface area contributed by atoms with Crippen LogP contribution in [0.2, 0.25) is 0 Å². The lowest BCUT2D eigenvalue weighted by atomic mass is 9.68. The molecular formula is C29H28F2N8O5. The van der Waals surface area contributed by atoms with Gasteiger partial charge in [-0.3, -0.25) is 9.69 Å². The number of aromatic nitrogens is 5. The van der Waals surface area contributed by atoms with E-state index in [2.05, 4.69) is 26.1 Å². The number of nitrogens with zero attached hydrogens (tertiary/aromatic N) is 7. The predicted octanol–water partition coefficient (Wildman–Crippen LogP) is 2.35. The number of fused-ring (bicyclic) bond motifs is 9.